The zero-order chi connectivity index (χ0) is 13.9. The minimum absolute atomic E-state index is 0.0834. The molecule has 0 aliphatic heterocycles. The van der Waals surface area contributed by atoms with E-state index in [9.17, 15) is 0 Å². The number of rotatable bonds is 7. The lowest BCUT2D eigenvalue weighted by Crippen LogP contribution is -2.22. The minimum Gasteiger partial charge on any atom is -0.494 e. The van der Waals surface area contributed by atoms with Crippen LogP contribution in [0.25, 0.3) is 0 Å². The third-order valence-electron chi connectivity index (χ3n) is 3.41. The summed E-state index contributed by atoms with van der Waals surface area (Å²) in [5.74, 6) is 1.63. The van der Waals surface area contributed by atoms with E-state index in [1.54, 1.807) is 5.06 Å². The smallest absolute Gasteiger partial charge is 0.119 e. The maximum Gasteiger partial charge on any atom is 0.119 e. The van der Waals surface area contributed by atoms with Crippen LogP contribution >= 0.6 is 0 Å². The van der Waals surface area contributed by atoms with Gasteiger partial charge in [0.25, 0.3) is 0 Å². The van der Waals surface area contributed by atoms with Gasteiger partial charge in [0.1, 0.15) is 11.4 Å². The van der Waals surface area contributed by atoms with E-state index in [4.69, 9.17) is 9.57 Å². The molecule has 0 N–H and O–H groups in total. The number of hydrogen-bond acceptors (Lipinski definition) is 3. The zero-order valence-electron chi connectivity index (χ0n) is 12.5. The first-order valence-corrected chi connectivity index (χ1v) is 7.12. The lowest BCUT2D eigenvalue weighted by molar-refractivity contribution is -0.182. The topological polar surface area (TPSA) is 21.7 Å². The Morgan fingerprint density at radius 3 is 2.26 bits per heavy atom. The standard InChI is InChI=1S/C16H25NO2/c1-13(2)9-12-18-15-7-5-14(6-8-15)16(10-11-16)19-17(3)4/h5-8,13H,9-12H2,1-4H3. The van der Waals surface area contributed by atoms with Gasteiger partial charge in [0, 0.05) is 14.1 Å². The highest BCUT2D eigenvalue weighted by Crippen LogP contribution is 2.49. The highest BCUT2D eigenvalue weighted by molar-refractivity contribution is 5.33. The average Bonchev–Trinajstić information content (AvgIpc) is 3.09. The predicted octanol–water partition coefficient (Wildman–Crippen LogP) is 3.59. The summed E-state index contributed by atoms with van der Waals surface area (Å²) >= 11 is 0. The Labute approximate surface area is 116 Å². The number of hydrogen-bond donors (Lipinski definition) is 0. The van der Waals surface area contributed by atoms with Gasteiger partial charge >= 0.3 is 0 Å². The van der Waals surface area contributed by atoms with Gasteiger partial charge in [0.15, 0.2) is 0 Å². The van der Waals surface area contributed by atoms with Gasteiger partial charge in [-0.2, -0.15) is 5.06 Å². The van der Waals surface area contributed by atoms with Crippen LogP contribution in [-0.4, -0.2) is 25.8 Å². The van der Waals surface area contributed by atoms with Crippen molar-refractivity contribution < 1.29 is 9.57 Å². The Balaban J connectivity index is 1.91. The van der Waals surface area contributed by atoms with E-state index in [0.29, 0.717) is 5.92 Å². The first kappa shape index (κ1) is 14.4. The largest absolute Gasteiger partial charge is 0.494 e. The van der Waals surface area contributed by atoms with Crippen LogP contribution in [0.2, 0.25) is 0 Å². The molecule has 1 aliphatic carbocycles. The van der Waals surface area contributed by atoms with Crippen LogP contribution in [-0.2, 0) is 10.4 Å². The molecule has 3 nitrogen and oxygen atoms in total. The van der Waals surface area contributed by atoms with Crippen LogP contribution in [0.4, 0.5) is 0 Å². The Morgan fingerprint density at radius 2 is 1.79 bits per heavy atom. The van der Waals surface area contributed by atoms with Gasteiger partial charge in [-0.05, 0) is 42.9 Å². The fourth-order valence-electron chi connectivity index (χ4n) is 2.16. The number of hydroxylamine groups is 2. The molecule has 3 heteroatoms. The van der Waals surface area contributed by atoms with Crippen molar-refractivity contribution in [2.75, 3.05) is 20.7 Å². The van der Waals surface area contributed by atoms with Crippen molar-refractivity contribution in [3.63, 3.8) is 0 Å². The molecule has 19 heavy (non-hydrogen) atoms. The normalized spacial score (nSPS) is 16.9. The van der Waals surface area contributed by atoms with Crippen LogP contribution in [0.15, 0.2) is 24.3 Å². The molecule has 0 spiro atoms. The highest BCUT2D eigenvalue weighted by Gasteiger charge is 2.47. The second-order valence-corrected chi connectivity index (χ2v) is 5.95. The Hall–Kier alpha value is -1.06. The maximum absolute atomic E-state index is 5.88. The van der Waals surface area contributed by atoms with Crippen molar-refractivity contribution in [3.8, 4) is 5.75 Å². The molecule has 0 bridgehead atoms. The molecule has 0 saturated heterocycles. The molecule has 0 atom stereocenters. The second-order valence-electron chi connectivity index (χ2n) is 5.95. The zero-order valence-corrected chi connectivity index (χ0v) is 12.5. The van der Waals surface area contributed by atoms with Gasteiger partial charge < -0.3 is 4.74 Å². The fraction of sp³-hybridized carbons (Fsp3) is 0.625. The third-order valence-corrected chi connectivity index (χ3v) is 3.41. The number of nitrogens with zero attached hydrogens (tertiary/aromatic N) is 1. The van der Waals surface area contributed by atoms with Crippen LogP contribution in [0.3, 0.4) is 0 Å². The van der Waals surface area contributed by atoms with Gasteiger partial charge in [-0.15, -0.1) is 0 Å². The molecular formula is C16H25NO2. The summed E-state index contributed by atoms with van der Waals surface area (Å²) in [7, 11) is 3.87. The summed E-state index contributed by atoms with van der Waals surface area (Å²) in [6.07, 6.45) is 3.28. The van der Waals surface area contributed by atoms with Crippen LogP contribution in [0, 0.1) is 5.92 Å². The molecule has 106 valence electrons. The van der Waals surface area contributed by atoms with Gasteiger partial charge in [0.05, 0.1) is 6.61 Å². The van der Waals surface area contributed by atoms with E-state index in [1.165, 1.54) is 5.56 Å². The predicted molar refractivity (Wildman–Crippen MR) is 77.1 cm³/mol. The van der Waals surface area contributed by atoms with E-state index in [2.05, 4.69) is 38.1 Å². The first-order chi connectivity index (χ1) is 9.02. The molecule has 0 aromatic heterocycles. The van der Waals surface area contributed by atoms with Crippen LogP contribution in [0.5, 0.6) is 5.75 Å². The minimum atomic E-state index is -0.0834. The first-order valence-electron chi connectivity index (χ1n) is 7.12. The van der Waals surface area contributed by atoms with Crippen LogP contribution < -0.4 is 4.74 Å². The monoisotopic (exact) mass is 263 g/mol. The molecule has 1 saturated carbocycles. The molecular weight excluding hydrogens is 238 g/mol. The summed E-state index contributed by atoms with van der Waals surface area (Å²) in [4.78, 5) is 5.88. The van der Waals surface area contributed by atoms with Crippen molar-refractivity contribution in [1.29, 1.82) is 0 Å². The summed E-state index contributed by atoms with van der Waals surface area (Å²) < 4.78 is 5.73. The summed E-state index contributed by atoms with van der Waals surface area (Å²) in [6, 6.07) is 8.35. The molecule has 1 aromatic carbocycles. The van der Waals surface area contributed by atoms with E-state index in [0.717, 1.165) is 31.6 Å². The molecule has 0 radical (unpaired) electrons. The fourth-order valence-corrected chi connectivity index (χ4v) is 2.16. The Kier molecular flexibility index (Phi) is 4.48. The van der Waals surface area contributed by atoms with E-state index in [1.807, 2.05) is 14.1 Å². The van der Waals surface area contributed by atoms with Crippen molar-refractivity contribution in [3.05, 3.63) is 29.8 Å². The molecule has 1 fully saturated rings. The van der Waals surface area contributed by atoms with Crippen molar-refractivity contribution >= 4 is 0 Å². The third kappa shape index (κ3) is 3.95. The van der Waals surface area contributed by atoms with Crippen molar-refractivity contribution in [1.82, 2.24) is 5.06 Å². The molecule has 0 amide bonds. The van der Waals surface area contributed by atoms with Gasteiger partial charge in [-0.25, -0.2) is 0 Å². The lowest BCUT2D eigenvalue weighted by Gasteiger charge is -2.21. The summed E-state index contributed by atoms with van der Waals surface area (Å²) in [5, 5.41) is 1.79. The van der Waals surface area contributed by atoms with Crippen LogP contribution in [0.1, 0.15) is 38.7 Å². The van der Waals surface area contributed by atoms with Crippen molar-refractivity contribution in [2.45, 2.75) is 38.7 Å². The summed E-state index contributed by atoms with van der Waals surface area (Å²) in [6.45, 7) is 5.21. The molecule has 0 heterocycles. The van der Waals surface area contributed by atoms with E-state index in [-0.39, 0.29) is 5.60 Å². The SMILES string of the molecule is CC(C)CCOc1ccc(C2(ON(C)C)CC2)cc1. The van der Waals surface area contributed by atoms with Crippen molar-refractivity contribution in [2.24, 2.45) is 5.92 Å². The lowest BCUT2D eigenvalue weighted by atomic mass is 10.1. The van der Waals surface area contributed by atoms with Gasteiger partial charge in [-0.1, -0.05) is 26.0 Å². The molecule has 1 aromatic rings. The average molecular weight is 263 g/mol. The number of ether oxygens (including phenoxy) is 1. The Morgan fingerprint density at radius 1 is 1.16 bits per heavy atom. The van der Waals surface area contributed by atoms with E-state index >= 15 is 0 Å². The Bertz CT molecular complexity index is 394. The molecule has 1 aliphatic rings. The second kappa shape index (κ2) is 5.93. The molecule has 0 unspecified atom stereocenters. The summed E-state index contributed by atoms with van der Waals surface area (Å²) in [5.41, 5.74) is 1.16. The van der Waals surface area contributed by atoms with Gasteiger partial charge in [0.2, 0.25) is 0 Å². The number of benzene rings is 1. The highest BCUT2D eigenvalue weighted by atomic mass is 16.7. The van der Waals surface area contributed by atoms with E-state index < -0.39 is 0 Å². The maximum atomic E-state index is 5.88. The molecule has 2 rings (SSSR count). The quantitative estimate of drug-likeness (QED) is 0.702. The van der Waals surface area contributed by atoms with Gasteiger partial charge in [-0.3, -0.25) is 4.84 Å².